The Morgan fingerprint density at radius 2 is 1.70 bits per heavy atom. The first-order valence-corrected chi connectivity index (χ1v) is 9.00. The van der Waals surface area contributed by atoms with Crippen LogP contribution in [0.15, 0.2) is 54.9 Å². The number of carbonyl (C=O) groups is 1. The molecule has 0 fully saturated rings. The van der Waals surface area contributed by atoms with Gasteiger partial charge in [-0.15, -0.1) is 0 Å². The number of anilines is 3. The molecule has 0 aliphatic heterocycles. The number of hydrogen-bond acceptors (Lipinski definition) is 4. The van der Waals surface area contributed by atoms with Gasteiger partial charge in [0.05, 0.1) is 12.4 Å². The van der Waals surface area contributed by atoms with Gasteiger partial charge in [0.15, 0.2) is 0 Å². The van der Waals surface area contributed by atoms with Crippen molar-refractivity contribution in [3.8, 4) is 0 Å². The fourth-order valence-electron chi connectivity index (χ4n) is 2.67. The van der Waals surface area contributed by atoms with Crippen LogP contribution in [0.25, 0.3) is 0 Å². The van der Waals surface area contributed by atoms with E-state index in [1.165, 1.54) is 11.8 Å². The van der Waals surface area contributed by atoms with Crippen molar-refractivity contribution >= 4 is 23.1 Å². The van der Waals surface area contributed by atoms with Crippen LogP contribution in [0.4, 0.5) is 17.2 Å². The van der Waals surface area contributed by atoms with E-state index in [-0.39, 0.29) is 11.6 Å². The zero-order valence-electron chi connectivity index (χ0n) is 16.1. The van der Waals surface area contributed by atoms with Crippen LogP contribution in [-0.4, -0.2) is 15.9 Å². The molecule has 3 aromatic rings. The first-order valence-electron chi connectivity index (χ1n) is 9.00. The molecule has 0 saturated carbocycles. The lowest BCUT2D eigenvalue weighted by molar-refractivity contribution is 0.102. The molecule has 138 valence electrons. The molecule has 5 nitrogen and oxygen atoms in total. The molecule has 0 unspecified atom stereocenters. The summed E-state index contributed by atoms with van der Waals surface area (Å²) in [6.07, 6.45) is 3.04. The Hall–Kier alpha value is -3.21. The minimum absolute atomic E-state index is 0.274. The maximum Gasteiger partial charge on any atom is 0.275 e. The number of rotatable bonds is 5. The van der Waals surface area contributed by atoms with Gasteiger partial charge in [-0.3, -0.25) is 4.79 Å². The van der Waals surface area contributed by atoms with E-state index in [0.717, 1.165) is 22.5 Å². The molecular weight excluding hydrogens is 336 g/mol. The Morgan fingerprint density at radius 3 is 2.33 bits per heavy atom. The molecule has 0 bridgehead atoms. The highest BCUT2D eigenvalue weighted by Gasteiger charge is 2.10. The lowest BCUT2D eigenvalue weighted by Crippen LogP contribution is -2.15. The second-order valence-corrected chi connectivity index (χ2v) is 6.96. The first-order chi connectivity index (χ1) is 12.9. The predicted molar refractivity (Wildman–Crippen MR) is 110 cm³/mol. The standard InChI is InChI=1S/C22H24N4O/c1-14(2)17-7-9-18(10-8-17)25-21-13-23-20(12-24-21)22(27)26-19-11-15(3)5-6-16(19)4/h5-14H,1-4H3,(H,24,25)(H,26,27). The maximum absolute atomic E-state index is 12.4. The Morgan fingerprint density at radius 1 is 0.963 bits per heavy atom. The summed E-state index contributed by atoms with van der Waals surface area (Å²) in [5, 5.41) is 6.09. The minimum atomic E-state index is -0.274. The van der Waals surface area contributed by atoms with Crippen LogP contribution in [-0.2, 0) is 0 Å². The van der Waals surface area contributed by atoms with E-state index < -0.39 is 0 Å². The van der Waals surface area contributed by atoms with Gasteiger partial charge in [0.1, 0.15) is 11.5 Å². The number of nitrogens with one attached hydrogen (secondary N) is 2. The SMILES string of the molecule is Cc1ccc(C)c(NC(=O)c2cnc(Nc3ccc(C(C)C)cc3)cn2)c1. The molecule has 0 aliphatic rings. The molecule has 0 atom stereocenters. The molecule has 1 heterocycles. The summed E-state index contributed by atoms with van der Waals surface area (Å²) in [5.41, 5.74) is 5.37. The Balaban J connectivity index is 1.67. The van der Waals surface area contributed by atoms with Gasteiger partial charge in [-0.2, -0.15) is 0 Å². The third-order valence-electron chi connectivity index (χ3n) is 4.38. The van der Waals surface area contributed by atoms with E-state index >= 15 is 0 Å². The number of nitrogens with zero attached hydrogens (tertiary/aromatic N) is 2. The smallest absolute Gasteiger partial charge is 0.275 e. The van der Waals surface area contributed by atoms with Crippen LogP contribution in [0.3, 0.4) is 0 Å². The summed E-state index contributed by atoms with van der Waals surface area (Å²) >= 11 is 0. The van der Waals surface area contributed by atoms with Crippen molar-refractivity contribution in [3.63, 3.8) is 0 Å². The number of aromatic nitrogens is 2. The molecule has 1 amide bonds. The van der Waals surface area contributed by atoms with Gasteiger partial charge in [0.2, 0.25) is 0 Å². The summed E-state index contributed by atoms with van der Waals surface area (Å²) in [7, 11) is 0. The van der Waals surface area contributed by atoms with Crippen molar-refractivity contribution in [2.24, 2.45) is 0 Å². The number of aryl methyl sites for hydroxylation is 2. The molecular formula is C22H24N4O. The number of carbonyl (C=O) groups excluding carboxylic acids is 1. The van der Waals surface area contributed by atoms with Crippen molar-refractivity contribution in [1.29, 1.82) is 0 Å². The normalized spacial score (nSPS) is 10.7. The molecule has 27 heavy (non-hydrogen) atoms. The second kappa shape index (κ2) is 7.99. The van der Waals surface area contributed by atoms with E-state index in [2.05, 4.69) is 46.6 Å². The Bertz CT molecular complexity index is 932. The lowest BCUT2D eigenvalue weighted by atomic mass is 10.0. The zero-order valence-corrected chi connectivity index (χ0v) is 16.1. The van der Waals surface area contributed by atoms with Gasteiger partial charge < -0.3 is 10.6 Å². The van der Waals surface area contributed by atoms with Gasteiger partial charge in [-0.05, 0) is 54.7 Å². The highest BCUT2D eigenvalue weighted by atomic mass is 16.1. The number of amides is 1. The molecule has 0 radical (unpaired) electrons. The van der Waals surface area contributed by atoms with E-state index in [0.29, 0.717) is 11.7 Å². The molecule has 1 aromatic heterocycles. The van der Waals surface area contributed by atoms with Crippen molar-refractivity contribution in [3.05, 3.63) is 77.2 Å². The first kappa shape index (κ1) is 18.6. The van der Waals surface area contributed by atoms with E-state index in [9.17, 15) is 4.79 Å². The van der Waals surface area contributed by atoms with E-state index in [1.54, 1.807) is 6.20 Å². The zero-order chi connectivity index (χ0) is 19.4. The van der Waals surface area contributed by atoms with Crippen molar-refractivity contribution in [2.75, 3.05) is 10.6 Å². The van der Waals surface area contributed by atoms with Crippen LogP contribution < -0.4 is 10.6 Å². The molecule has 2 aromatic carbocycles. The maximum atomic E-state index is 12.4. The average molecular weight is 360 g/mol. The molecule has 0 saturated heterocycles. The second-order valence-electron chi connectivity index (χ2n) is 6.96. The van der Waals surface area contributed by atoms with Gasteiger partial charge in [-0.25, -0.2) is 9.97 Å². The fraction of sp³-hybridized carbons (Fsp3) is 0.227. The Labute approximate surface area is 159 Å². The quantitative estimate of drug-likeness (QED) is 0.655. The highest BCUT2D eigenvalue weighted by molar-refractivity contribution is 6.03. The largest absolute Gasteiger partial charge is 0.339 e. The van der Waals surface area contributed by atoms with Gasteiger partial charge in [0.25, 0.3) is 5.91 Å². The fourth-order valence-corrected chi connectivity index (χ4v) is 2.67. The van der Waals surface area contributed by atoms with Crippen molar-refractivity contribution in [1.82, 2.24) is 9.97 Å². The molecule has 0 aliphatic carbocycles. The average Bonchev–Trinajstić information content (AvgIpc) is 2.65. The molecule has 3 rings (SSSR count). The van der Waals surface area contributed by atoms with Crippen LogP contribution in [0.2, 0.25) is 0 Å². The highest BCUT2D eigenvalue weighted by Crippen LogP contribution is 2.20. The van der Waals surface area contributed by atoms with Crippen molar-refractivity contribution < 1.29 is 4.79 Å². The molecule has 5 heteroatoms. The van der Waals surface area contributed by atoms with E-state index in [4.69, 9.17) is 0 Å². The number of benzene rings is 2. The summed E-state index contributed by atoms with van der Waals surface area (Å²) < 4.78 is 0. The summed E-state index contributed by atoms with van der Waals surface area (Å²) in [6.45, 7) is 8.27. The number of hydrogen-bond donors (Lipinski definition) is 2. The van der Waals surface area contributed by atoms with Crippen LogP contribution in [0.5, 0.6) is 0 Å². The van der Waals surface area contributed by atoms with Gasteiger partial charge in [-0.1, -0.05) is 38.1 Å². The third kappa shape index (κ3) is 4.70. The molecule has 0 spiro atoms. The minimum Gasteiger partial charge on any atom is -0.339 e. The van der Waals surface area contributed by atoms with Gasteiger partial charge >= 0.3 is 0 Å². The van der Waals surface area contributed by atoms with Crippen LogP contribution >= 0.6 is 0 Å². The summed E-state index contributed by atoms with van der Waals surface area (Å²) in [4.78, 5) is 20.9. The topological polar surface area (TPSA) is 66.9 Å². The molecule has 2 N–H and O–H groups in total. The summed E-state index contributed by atoms with van der Waals surface area (Å²) in [6, 6.07) is 14.1. The summed E-state index contributed by atoms with van der Waals surface area (Å²) in [5.74, 6) is 0.813. The van der Waals surface area contributed by atoms with Crippen LogP contribution in [0.1, 0.15) is 46.9 Å². The van der Waals surface area contributed by atoms with Crippen molar-refractivity contribution in [2.45, 2.75) is 33.6 Å². The van der Waals surface area contributed by atoms with E-state index in [1.807, 2.05) is 44.2 Å². The van der Waals surface area contributed by atoms with Gasteiger partial charge in [0, 0.05) is 11.4 Å². The lowest BCUT2D eigenvalue weighted by Gasteiger charge is -2.10. The van der Waals surface area contributed by atoms with Crippen LogP contribution in [0, 0.1) is 13.8 Å². The predicted octanol–water partition coefficient (Wildman–Crippen LogP) is 5.21. The monoisotopic (exact) mass is 360 g/mol. The Kier molecular flexibility index (Phi) is 5.50. The third-order valence-corrected chi connectivity index (χ3v) is 4.38.